The first-order chi connectivity index (χ1) is 23.3. The van der Waals surface area contributed by atoms with Crippen molar-refractivity contribution in [3.63, 3.8) is 0 Å². The summed E-state index contributed by atoms with van der Waals surface area (Å²) in [4.78, 5) is 16.7. The molecule has 47 heavy (non-hydrogen) atoms. The molecule has 0 saturated carbocycles. The van der Waals surface area contributed by atoms with E-state index in [1.54, 1.807) is 0 Å². The Labute approximate surface area is 274 Å². The monoisotopic (exact) mass is 605 g/mol. The summed E-state index contributed by atoms with van der Waals surface area (Å²) in [6.07, 6.45) is 0. The molecule has 224 valence electrons. The zero-order valence-electron chi connectivity index (χ0n) is 25.7. The molecule has 0 saturated heterocycles. The van der Waals surface area contributed by atoms with Gasteiger partial charge in [-0.25, -0.2) is 9.98 Å². The lowest BCUT2D eigenvalue weighted by molar-refractivity contribution is 1.06. The first kappa shape index (κ1) is 28.2. The summed E-state index contributed by atoms with van der Waals surface area (Å²) >= 11 is 0. The van der Waals surface area contributed by atoms with Gasteiger partial charge in [0.1, 0.15) is 5.82 Å². The summed E-state index contributed by atoms with van der Waals surface area (Å²) in [6, 6.07) is 56.7. The lowest BCUT2D eigenvalue weighted by Gasteiger charge is -2.26. The Morgan fingerprint density at radius 3 is 1.98 bits per heavy atom. The zero-order valence-corrected chi connectivity index (χ0v) is 25.7. The number of aromatic nitrogens is 1. The Morgan fingerprint density at radius 2 is 1.19 bits per heavy atom. The first-order valence-corrected chi connectivity index (χ1v) is 15.7. The van der Waals surface area contributed by atoms with E-state index in [1.165, 1.54) is 10.9 Å². The molecule has 2 heterocycles. The summed E-state index contributed by atoms with van der Waals surface area (Å²) in [6.45, 7) is 4.44. The topological polar surface area (TPSA) is 45.2 Å². The van der Waals surface area contributed by atoms with Gasteiger partial charge in [-0.3, -0.25) is 14.5 Å². The van der Waals surface area contributed by atoms with Crippen LogP contribution in [0, 0.1) is 0 Å². The molecular formula is C42H31N5. The summed E-state index contributed by atoms with van der Waals surface area (Å²) in [5, 5.41) is 1.18. The number of anilines is 3. The van der Waals surface area contributed by atoms with Crippen LogP contribution in [0.25, 0.3) is 27.7 Å². The molecule has 1 aliphatic heterocycles. The van der Waals surface area contributed by atoms with Gasteiger partial charge in [0, 0.05) is 33.3 Å². The van der Waals surface area contributed by atoms with E-state index in [0.717, 1.165) is 50.7 Å². The summed E-state index contributed by atoms with van der Waals surface area (Å²) in [7, 11) is 0. The Bertz CT molecular complexity index is 2300. The molecule has 0 radical (unpaired) electrons. The van der Waals surface area contributed by atoms with E-state index in [0.29, 0.717) is 18.2 Å². The minimum Gasteiger partial charge on any atom is -0.295 e. The number of rotatable bonds is 5. The highest BCUT2D eigenvalue weighted by Crippen LogP contribution is 2.48. The number of amidine groups is 2. The van der Waals surface area contributed by atoms with Crippen molar-refractivity contribution in [2.75, 3.05) is 4.90 Å². The number of aliphatic imine (C=N–C) groups is 3. The highest BCUT2D eigenvalue weighted by atomic mass is 15.3. The van der Waals surface area contributed by atoms with Gasteiger partial charge in [-0.2, -0.15) is 0 Å². The molecule has 8 rings (SSSR count). The van der Waals surface area contributed by atoms with E-state index in [9.17, 15) is 0 Å². The average Bonchev–Trinajstić information content (AvgIpc) is 3.46. The molecule has 1 aromatic heterocycles. The van der Waals surface area contributed by atoms with Crippen molar-refractivity contribution in [3.8, 4) is 16.8 Å². The predicted molar refractivity (Wildman–Crippen MR) is 196 cm³/mol. The zero-order chi connectivity index (χ0) is 31.6. The van der Waals surface area contributed by atoms with Gasteiger partial charge in [-0.1, -0.05) is 127 Å². The maximum absolute atomic E-state index is 5.02. The van der Waals surface area contributed by atoms with Crippen molar-refractivity contribution in [1.82, 2.24) is 4.57 Å². The van der Waals surface area contributed by atoms with E-state index in [-0.39, 0.29) is 0 Å². The van der Waals surface area contributed by atoms with E-state index in [2.05, 4.69) is 130 Å². The van der Waals surface area contributed by atoms with Crippen LogP contribution in [-0.2, 0) is 6.54 Å². The second kappa shape index (κ2) is 12.2. The summed E-state index contributed by atoms with van der Waals surface area (Å²) < 4.78 is 2.36. The fraction of sp³-hybridized carbons (Fsp3) is 0.0238. The largest absolute Gasteiger partial charge is 0.295 e. The number of para-hydroxylation sites is 3. The normalized spacial score (nSPS) is 12.6. The van der Waals surface area contributed by atoms with Crippen molar-refractivity contribution in [2.45, 2.75) is 6.54 Å². The van der Waals surface area contributed by atoms with Crippen LogP contribution in [0.3, 0.4) is 0 Å². The minimum absolute atomic E-state index is 0.509. The third-order valence-corrected chi connectivity index (χ3v) is 8.51. The van der Waals surface area contributed by atoms with E-state index < -0.39 is 0 Å². The number of hydrogen-bond acceptors (Lipinski definition) is 2. The van der Waals surface area contributed by atoms with Crippen LogP contribution in [0.1, 0.15) is 16.7 Å². The maximum Gasteiger partial charge on any atom is 0.161 e. The quantitative estimate of drug-likeness (QED) is 0.142. The predicted octanol–water partition coefficient (Wildman–Crippen LogP) is 10.2. The van der Waals surface area contributed by atoms with Gasteiger partial charge in [-0.15, -0.1) is 0 Å². The van der Waals surface area contributed by atoms with Crippen molar-refractivity contribution < 1.29 is 0 Å². The molecule has 7 aromatic rings. The third-order valence-electron chi connectivity index (χ3n) is 8.51. The molecule has 0 unspecified atom stereocenters. The molecule has 5 nitrogen and oxygen atoms in total. The SMILES string of the molecule is C=NC(=NC(=NCc1ccccc1)c1ccccc1)c1cccc(N2c3ccccc3-c3ccccc3-n3c2cc2ccccc23)c1. The van der Waals surface area contributed by atoms with Gasteiger partial charge in [0.2, 0.25) is 0 Å². The standard InChI is InChI=1S/C42H31N5/c1-43-41(45-42(31-17-6-3-7-18-31)44-29-30-15-4-2-5-16-30)33-20-14-21-34(27-33)46-38-25-12-9-22-35(38)36-23-10-13-26-39(36)47-37-24-11-8-19-32(37)28-40(46)47/h2-28H,1,29H2. The van der Waals surface area contributed by atoms with Gasteiger partial charge in [-0.05, 0) is 48.7 Å². The number of benzene rings is 6. The fourth-order valence-corrected chi connectivity index (χ4v) is 6.35. The molecule has 0 bridgehead atoms. The molecule has 0 fully saturated rings. The Balaban J connectivity index is 1.29. The Morgan fingerprint density at radius 1 is 0.553 bits per heavy atom. The number of nitrogens with zero attached hydrogens (tertiary/aromatic N) is 5. The van der Waals surface area contributed by atoms with Crippen LogP contribution in [0.4, 0.5) is 17.2 Å². The van der Waals surface area contributed by atoms with Crippen LogP contribution in [0.15, 0.2) is 179 Å². The first-order valence-electron chi connectivity index (χ1n) is 15.7. The van der Waals surface area contributed by atoms with Gasteiger partial charge in [0.15, 0.2) is 11.7 Å². The molecule has 1 aliphatic rings. The lowest BCUT2D eigenvalue weighted by atomic mass is 10.0. The molecule has 0 aliphatic carbocycles. The highest BCUT2D eigenvalue weighted by molar-refractivity contribution is 6.13. The van der Waals surface area contributed by atoms with Gasteiger partial charge in [0.05, 0.1) is 23.4 Å². The van der Waals surface area contributed by atoms with Crippen molar-refractivity contribution in [3.05, 3.63) is 180 Å². The van der Waals surface area contributed by atoms with E-state index >= 15 is 0 Å². The number of hydrogen-bond donors (Lipinski definition) is 0. The van der Waals surface area contributed by atoms with E-state index in [1.807, 2.05) is 54.6 Å². The smallest absolute Gasteiger partial charge is 0.161 e. The van der Waals surface area contributed by atoms with Gasteiger partial charge < -0.3 is 0 Å². The summed E-state index contributed by atoms with van der Waals surface area (Å²) in [5.74, 6) is 2.17. The van der Waals surface area contributed by atoms with Crippen molar-refractivity contribution >= 4 is 46.5 Å². The van der Waals surface area contributed by atoms with Crippen molar-refractivity contribution in [1.29, 1.82) is 0 Å². The number of fused-ring (bicyclic) bond motifs is 7. The van der Waals surface area contributed by atoms with Gasteiger partial charge >= 0.3 is 0 Å². The van der Waals surface area contributed by atoms with Crippen LogP contribution >= 0.6 is 0 Å². The molecule has 5 heteroatoms. The molecule has 0 spiro atoms. The van der Waals surface area contributed by atoms with Crippen molar-refractivity contribution in [2.24, 2.45) is 15.0 Å². The third kappa shape index (κ3) is 5.24. The maximum atomic E-state index is 5.02. The van der Waals surface area contributed by atoms with Crippen LogP contribution in [0.5, 0.6) is 0 Å². The molecule has 0 amide bonds. The Hall–Kier alpha value is -6.33. The fourth-order valence-electron chi connectivity index (χ4n) is 6.35. The van der Waals surface area contributed by atoms with Crippen LogP contribution in [-0.4, -0.2) is 23.0 Å². The highest BCUT2D eigenvalue weighted by Gasteiger charge is 2.27. The van der Waals surface area contributed by atoms with Crippen LogP contribution < -0.4 is 4.90 Å². The Kier molecular flexibility index (Phi) is 7.32. The van der Waals surface area contributed by atoms with E-state index in [4.69, 9.17) is 9.98 Å². The average molecular weight is 606 g/mol. The second-order valence-corrected chi connectivity index (χ2v) is 11.4. The molecule has 6 aromatic carbocycles. The minimum atomic E-state index is 0.509. The second-order valence-electron chi connectivity index (χ2n) is 11.4. The van der Waals surface area contributed by atoms with Gasteiger partial charge in [0.25, 0.3) is 0 Å². The molecular weight excluding hydrogens is 574 g/mol. The molecule has 0 N–H and O–H groups in total. The lowest BCUT2D eigenvalue weighted by Crippen LogP contribution is -2.14. The van der Waals surface area contributed by atoms with Crippen LogP contribution in [0.2, 0.25) is 0 Å². The summed E-state index contributed by atoms with van der Waals surface area (Å²) in [5.41, 5.74) is 9.62. The molecule has 0 atom stereocenters.